The van der Waals surface area contributed by atoms with E-state index < -0.39 is 6.03 Å². The number of halogens is 1. The second-order valence-electron chi connectivity index (χ2n) is 3.15. The summed E-state index contributed by atoms with van der Waals surface area (Å²) in [5.41, 5.74) is 6.07. The quantitative estimate of drug-likeness (QED) is 0.804. The molecule has 0 heterocycles. The van der Waals surface area contributed by atoms with Crippen LogP contribution in [0.25, 0.3) is 0 Å². The molecule has 0 radical (unpaired) electrons. The molecule has 76 valence electrons. The van der Waals surface area contributed by atoms with E-state index in [0.29, 0.717) is 5.02 Å². The van der Waals surface area contributed by atoms with E-state index in [1.807, 2.05) is 25.1 Å². The van der Waals surface area contributed by atoms with Crippen LogP contribution < -0.4 is 5.73 Å². The molecule has 1 unspecified atom stereocenters. The standard InChI is InChI=1S/C10H13ClN2O/c1-7(13(2)10(12)14)8-5-3-4-6-9(8)11/h3-7H,1-2H3,(H2,12,14). The molecule has 0 saturated carbocycles. The summed E-state index contributed by atoms with van der Waals surface area (Å²) in [4.78, 5) is 12.4. The molecule has 1 aromatic carbocycles. The fourth-order valence-electron chi connectivity index (χ4n) is 1.21. The molecule has 14 heavy (non-hydrogen) atoms. The average Bonchev–Trinajstić information content (AvgIpc) is 2.16. The molecule has 2 N–H and O–H groups in total. The zero-order valence-corrected chi connectivity index (χ0v) is 8.95. The van der Waals surface area contributed by atoms with Gasteiger partial charge in [-0.25, -0.2) is 4.79 Å². The number of nitrogens with zero attached hydrogens (tertiary/aromatic N) is 1. The van der Waals surface area contributed by atoms with Gasteiger partial charge in [0.2, 0.25) is 0 Å². The number of urea groups is 1. The molecule has 2 amide bonds. The van der Waals surface area contributed by atoms with Gasteiger partial charge in [-0.2, -0.15) is 0 Å². The van der Waals surface area contributed by atoms with Gasteiger partial charge in [0.1, 0.15) is 0 Å². The Morgan fingerprint density at radius 3 is 2.57 bits per heavy atom. The SMILES string of the molecule is CC(c1ccccc1Cl)N(C)C(N)=O. The van der Waals surface area contributed by atoms with Crippen molar-refractivity contribution < 1.29 is 4.79 Å². The fourth-order valence-corrected chi connectivity index (χ4v) is 1.51. The number of hydrogen-bond donors (Lipinski definition) is 1. The second kappa shape index (κ2) is 4.33. The Labute approximate surface area is 88.5 Å². The van der Waals surface area contributed by atoms with Crippen molar-refractivity contribution in [2.75, 3.05) is 7.05 Å². The molecule has 4 heteroatoms. The highest BCUT2D eigenvalue weighted by molar-refractivity contribution is 6.31. The van der Waals surface area contributed by atoms with Crippen molar-refractivity contribution in [3.8, 4) is 0 Å². The molecule has 1 aromatic rings. The van der Waals surface area contributed by atoms with E-state index in [9.17, 15) is 4.79 Å². The van der Waals surface area contributed by atoms with Gasteiger partial charge in [-0.3, -0.25) is 0 Å². The molecule has 0 bridgehead atoms. The number of amides is 2. The Morgan fingerprint density at radius 1 is 1.50 bits per heavy atom. The molecule has 0 saturated heterocycles. The molecular formula is C10H13ClN2O. The van der Waals surface area contributed by atoms with Crippen molar-refractivity contribution in [2.24, 2.45) is 5.73 Å². The van der Waals surface area contributed by atoms with Crippen LogP contribution >= 0.6 is 11.6 Å². The molecule has 1 rings (SSSR count). The van der Waals surface area contributed by atoms with E-state index in [0.717, 1.165) is 5.56 Å². The van der Waals surface area contributed by atoms with E-state index in [1.165, 1.54) is 4.90 Å². The lowest BCUT2D eigenvalue weighted by molar-refractivity contribution is 0.204. The maximum atomic E-state index is 10.9. The summed E-state index contributed by atoms with van der Waals surface area (Å²) in [6.45, 7) is 1.88. The van der Waals surface area contributed by atoms with Crippen LogP contribution in [-0.2, 0) is 0 Å². The number of hydrogen-bond acceptors (Lipinski definition) is 1. The van der Waals surface area contributed by atoms with Gasteiger partial charge in [-0.15, -0.1) is 0 Å². The van der Waals surface area contributed by atoms with E-state index in [-0.39, 0.29) is 6.04 Å². The highest BCUT2D eigenvalue weighted by atomic mass is 35.5. The van der Waals surface area contributed by atoms with Crippen molar-refractivity contribution in [3.63, 3.8) is 0 Å². The maximum Gasteiger partial charge on any atom is 0.315 e. The molecule has 0 aliphatic carbocycles. The first-order chi connectivity index (χ1) is 6.54. The highest BCUT2D eigenvalue weighted by Gasteiger charge is 2.16. The van der Waals surface area contributed by atoms with Gasteiger partial charge in [0.25, 0.3) is 0 Å². The summed E-state index contributed by atoms with van der Waals surface area (Å²) < 4.78 is 0. The zero-order chi connectivity index (χ0) is 10.7. The molecule has 0 fully saturated rings. The Hall–Kier alpha value is -1.22. The minimum absolute atomic E-state index is 0.110. The summed E-state index contributed by atoms with van der Waals surface area (Å²) in [5, 5.41) is 0.646. The van der Waals surface area contributed by atoms with Crippen molar-refractivity contribution in [3.05, 3.63) is 34.9 Å². The van der Waals surface area contributed by atoms with Gasteiger partial charge in [0, 0.05) is 12.1 Å². The van der Waals surface area contributed by atoms with Gasteiger partial charge in [-0.1, -0.05) is 29.8 Å². The summed E-state index contributed by atoms with van der Waals surface area (Å²) in [7, 11) is 1.65. The van der Waals surface area contributed by atoms with Crippen molar-refractivity contribution in [1.82, 2.24) is 4.90 Å². The van der Waals surface area contributed by atoms with Crippen LogP contribution in [0.3, 0.4) is 0 Å². The van der Waals surface area contributed by atoms with Crippen LogP contribution in [0, 0.1) is 0 Å². The van der Waals surface area contributed by atoms with Crippen molar-refractivity contribution >= 4 is 17.6 Å². The third-order valence-electron chi connectivity index (χ3n) is 2.28. The number of primary amides is 1. The van der Waals surface area contributed by atoms with Gasteiger partial charge in [0.15, 0.2) is 0 Å². The first kappa shape index (κ1) is 10.9. The summed E-state index contributed by atoms with van der Waals surface area (Å²) in [6, 6.07) is 6.84. The van der Waals surface area contributed by atoms with Crippen molar-refractivity contribution in [2.45, 2.75) is 13.0 Å². The zero-order valence-electron chi connectivity index (χ0n) is 8.20. The highest BCUT2D eigenvalue weighted by Crippen LogP contribution is 2.25. The smallest absolute Gasteiger partial charge is 0.315 e. The molecular weight excluding hydrogens is 200 g/mol. The van der Waals surface area contributed by atoms with Crippen LogP contribution in [0.15, 0.2) is 24.3 Å². The van der Waals surface area contributed by atoms with Gasteiger partial charge in [-0.05, 0) is 18.6 Å². The summed E-state index contributed by atoms with van der Waals surface area (Å²) in [5.74, 6) is 0. The van der Waals surface area contributed by atoms with E-state index in [1.54, 1.807) is 13.1 Å². The van der Waals surface area contributed by atoms with Gasteiger partial charge < -0.3 is 10.6 Å². The number of nitrogens with two attached hydrogens (primary N) is 1. The average molecular weight is 213 g/mol. The predicted octanol–water partition coefficient (Wildman–Crippen LogP) is 2.41. The van der Waals surface area contributed by atoms with Crippen LogP contribution in [-0.4, -0.2) is 18.0 Å². The number of carbonyl (C=O) groups excluding carboxylic acids is 1. The Bertz CT molecular complexity index is 341. The minimum atomic E-state index is -0.461. The molecule has 0 aromatic heterocycles. The molecule has 0 spiro atoms. The third-order valence-corrected chi connectivity index (χ3v) is 2.63. The minimum Gasteiger partial charge on any atom is -0.351 e. The molecule has 1 atom stereocenters. The van der Waals surface area contributed by atoms with Crippen LogP contribution in [0.1, 0.15) is 18.5 Å². The normalized spacial score (nSPS) is 12.2. The molecule has 0 aliphatic heterocycles. The Balaban J connectivity index is 2.94. The van der Waals surface area contributed by atoms with E-state index >= 15 is 0 Å². The van der Waals surface area contributed by atoms with E-state index in [4.69, 9.17) is 17.3 Å². The van der Waals surface area contributed by atoms with Crippen molar-refractivity contribution in [1.29, 1.82) is 0 Å². The topological polar surface area (TPSA) is 46.3 Å². The lowest BCUT2D eigenvalue weighted by Crippen LogP contribution is -2.34. The van der Waals surface area contributed by atoms with Crippen LogP contribution in [0.2, 0.25) is 5.02 Å². The Morgan fingerprint density at radius 2 is 2.07 bits per heavy atom. The van der Waals surface area contributed by atoms with Gasteiger partial charge in [0.05, 0.1) is 6.04 Å². The summed E-state index contributed by atoms with van der Waals surface area (Å²) in [6.07, 6.45) is 0. The lowest BCUT2D eigenvalue weighted by atomic mass is 10.1. The molecule has 3 nitrogen and oxygen atoms in total. The lowest BCUT2D eigenvalue weighted by Gasteiger charge is -2.23. The summed E-state index contributed by atoms with van der Waals surface area (Å²) >= 11 is 5.99. The van der Waals surface area contributed by atoms with Gasteiger partial charge >= 0.3 is 6.03 Å². The third kappa shape index (κ3) is 2.17. The van der Waals surface area contributed by atoms with Crippen LogP contribution in [0.5, 0.6) is 0 Å². The Kier molecular flexibility index (Phi) is 3.36. The van der Waals surface area contributed by atoms with E-state index in [2.05, 4.69) is 0 Å². The monoisotopic (exact) mass is 212 g/mol. The number of rotatable bonds is 2. The van der Waals surface area contributed by atoms with Crippen LogP contribution in [0.4, 0.5) is 4.79 Å². The predicted molar refractivity (Wildman–Crippen MR) is 57.2 cm³/mol. The number of benzene rings is 1. The second-order valence-corrected chi connectivity index (χ2v) is 3.55. The first-order valence-electron chi connectivity index (χ1n) is 4.30. The number of carbonyl (C=O) groups is 1. The fraction of sp³-hybridized carbons (Fsp3) is 0.300. The maximum absolute atomic E-state index is 10.9. The first-order valence-corrected chi connectivity index (χ1v) is 4.68. The largest absolute Gasteiger partial charge is 0.351 e. The molecule has 0 aliphatic rings.